The average Bonchev–Trinajstić information content (AvgIpc) is 2.79. The molecule has 1 saturated heterocycles. The highest BCUT2D eigenvalue weighted by Gasteiger charge is 2.19. The van der Waals surface area contributed by atoms with Gasteiger partial charge in [0.05, 0.1) is 7.11 Å². The van der Waals surface area contributed by atoms with Crippen LogP contribution >= 0.6 is 0 Å². The zero-order valence-electron chi connectivity index (χ0n) is 17.4. The van der Waals surface area contributed by atoms with Gasteiger partial charge in [0.1, 0.15) is 11.5 Å². The lowest BCUT2D eigenvalue weighted by atomic mass is 10.1. The van der Waals surface area contributed by atoms with E-state index in [1.807, 2.05) is 24.3 Å². The molecule has 1 amide bonds. The van der Waals surface area contributed by atoms with E-state index in [2.05, 4.69) is 10.2 Å². The fourth-order valence-electron chi connectivity index (χ4n) is 3.25. The number of benzene rings is 2. The number of carbonyl (C=O) groups excluding carboxylic acids is 2. The van der Waals surface area contributed by atoms with Crippen LogP contribution in [0.25, 0.3) is 0 Å². The Morgan fingerprint density at radius 3 is 2.23 bits per heavy atom. The van der Waals surface area contributed by atoms with E-state index < -0.39 is 18.0 Å². The number of hydrogen-bond acceptors (Lipinski definition) is 6. The third kappa shape index (κ3) is 6.14. The Morgan fingerprint density at radius 2 is 1.60 bits per heavy atom. The molecule has 1 N–H and O–H groups in total. The van der Waals surface area contributed by atoms with Crippen molar-refractivity contribution < 1.29 is 23.8 Å². The van der Waals surface area contributed by atoms with E-state index in [4.69, 9.17) is 14.2 Å². The molecule has 1 heterocycles. The third-order valence-corrected chi connectivity index (χ3v) is 4.95. The van der Waals surface area contributed by atoms with E-state index in [9.17, 15) is 9.59 Å². The minimum Gasteiger partial charge on any atom is -0.497 e. The quantitative estimate of drug-likeness (QED) is 0.667. The lowest BCUT2D eigenvalue weighted by Gasteiger charge is -2.28. The van der Waals surface area contributed by atoms with E-state index in [-0.39, 0.29) is 6.61 Å². The summed E-state index contributed by atoms with van der Waals surface area (Å²) in [4.78, 5) is 26.6. The first kappa shape index (κ1) is 21.5. The van der Waals surface area contributed by atoms with Crippen LogP contribution in [0.4, 0.5) is 11.4 Å². The smallest absolute Gasteiger partial charge is 0.344 e. The molecule has 0 bridgehead atoms. The first-order chi connectivity index (χ1) is 14.5. The van der Waals surface area contributed by atoms with E-state index in [1.54, 1.807) is 31.4 Å². The summed E-state index contributed by atoms with van der Waals surface area (Å²) in [6.07, 6.45) is 2.78. The van der Waals surface area contributed by atoms with Crippen molar-refractivity contribution in [3.63, 3.8) is 0 Å². The lowest BCUT2D eigenvalue weighted by Crippen LogP contribution is -2.31. The minimum absolute atomic E-state index is 0.283. The predicted molar refractivity (Wildman–Crippen MR) is 115 cm³/mol. The first-order valence-electron chi connectivity index (χ1n) is 10.2. The molecule has 0 saturated carbocycles. The molecule has 1 fully saturated rings. The van der Waals surface area contributed by atoms with Crippen molar-refractivity contribution in [1.29, 1.82) is 0 Å². The molecule has 0 aromatic heterocycles. The van der Waals surface area contributed by atoms with Crippen LogP contribution in [-0.2, 0) is 14.3 Å². The van der Waals surface area contributed by atoms with Crippen molar-refractivity contribution in [3.8, 4) is 11.5 Å². The number of anilines is 2. The van der Waals surface area contributed by atoms with E-state index in [0.717, 1.165) is 18.8 Å². The van der Waals surface area contributed by atoms with Gasteiger partial charge in [-0.15, -0.1) is 0 Å². The topological polar surface area (TPSA) is 77.1 Å². The van der Waals surface area contributed by atoms with E-state index in [0.29, 0.717) is 17.2 Å². The Hall–Kier alpha value is -3.22. The van der Waals surface area contributed by atoms with Gasteiger partial charge in [-0.3, -0.25) is 4.79 Å². The van der Waals surface area contributed by atoms with Crippen LogP contribution in [0.5, 0.6) is 11.5 Å². The van der Waals surface area contributed by atoms with Crippen LogP contribution in [0.1, 0.15) is 26.2 Å². The van der Waals surface area contributed by atoms with Gasteiger partial charge < -0.3 is 24.4 Å². The van der Waals surface area contributed by atoms with Gasteiger partial charge in [-0.1, -0.05) is 0 Å². The van der Waals surface area contributed by atoms with Crippen molar-refractivity contribution >= 4 is 23.3 Å². The van der Waals surface area contributed by atoms with Crippen LogP contribution in [0.2, 0.25) is 0 Å². The van der Waals surface area contributed by atoms with E-state index >= 15 is 0 Å². The highest BCUT2D eigenvalue weighted by molar-refractivity contribution is 5.95. The van der Waals surface area contributed by atoms with Crippen LogP contribution < -0.4 is 19.7 Å². The Balaban J connectivity index is 1.43. The SMILES string of the molecule is COc1ccc(OCC(=O)O[C@H](C)C(=O)Nc2ccc(N3CCCCC3)cc2)cc1. The normalized spacial score (nSPS) is 14.5. The zero-order chi connectivity index (χ0) is 21.3. The number of piperidine rings is 1. The molecule has 7 nitrogen and oxygen atoms in total. The number of methoxy groups -OCH3 is 1. The fraction of sp³-hybridized carbons (Fsp3) is 0.391. The summed E-state index contributed by atoms with van der Waals surface area (Å²) < 4.78 is 15.6. The second-order valence-electron chi connectivity index (χ2n) is 7.18. The van der Waals surface area contributed by atoms with Crippen LogP contribution in [0.15, 0.2) is 48.5 Å². The zero-order valence-corrected chi connectivity index (χ0v) is 17.4. The number of amides is 1. The van der Waals surface area contributed by atoms with Gasteiger partial charge in [-0.25, -0.2) is 4.79 Å². The summed E-state index contributed by atoms with van der Waals surface area (Å²) in [5.74, 6) is 0.199. The van der Waals surface area contributed by atoms with Crippen molar-refractivity contribution in [2.75, 3.05) is 37.0 Å². The molecule has 1 aliphatic rings. The number of esters is 1. The first-order valence-corrected chi connectivity index (χ1v) is 10.2. The number of ether oxygens (including phenoxy) is 3. The molecule has 30 heavy (non-hydrogen) atoms. The second-order valence-corrected chi connectivity index (χ2v) is 7.18. The molecule has 3 rings (SSSR count). The summed E-state index contributed by atoms with van der Waals surface area (Å²) in [6, 6.07) is 14.6. The number of nitrogens with zero attached hydrogens (tertiary/aromatic N) is 1. The maximum absolute atomic E-state index is 12.3. The average molecular weight is 412 g/mol. The van der Waals surface area contributed by atoms with Gasteiger partial charge >= 0.3 is 5.97 Å². The highest BCUT2D eigenvalue weighted by atomic mass is 16.6. The molecular weight excluding hydrogens is 384 g/mol. The Bertz CT molecular complexity index is 830. The molecule has 0 radical (unpaired) electrons. The Morgan fingerprint density at radius 1 is 0.967 bits per heavy atom. The van der Waals surface area contributed by atoms with Crippen molar-refractivity contribution in [1.82, 2.24) is 0 Å². The van der Waals surface area contributed by atoms with Crippen LogP contribution in [0, 0.1) is 0 Å². The number of hydrogen-bond donors (Lipinski definition) is 1. The van der Waals surface area contributed by atoms with Crippen molar-refractivity contribution in [2.45, 2.75) is 32.3 Å². The lowest BCUT2D eigenvalue weighted by molar-refractivity contribution is -0.155. The van der Waals surface area contributed by atoms with Crippen molar-refractivity contribution in [3.05, 3.63) is 48.5 Å². The van der Waals surface area contributed by atoms with Gasteiger partial charge in [0, 0.05) is 24.5 Å². The molecule has 7 heteroatoms. The molecule has 1 aliphatic heterocycles. The summed E-state index contributed by atoms with van der Waals surface area (Å²) in [7, 11) is 1.57. The maximum atomic E-state index is 12.3. The summed E-state index contributed by atoms with van der Waals surface area (Å²) in [6.45, 7) is 3.38. The summed E-state index contributed by atoms with van der Waals surface area (Å²) in [5.41, 5.74) is 1.82. The number of nitrogens with one attached hydrogen (secondary N) is 1. The Kier molecular flexibility index (Phi) is 7.54. The van der Waals surface area contributed by atoms with Crippen LogP contribution in [0.3, 0.4) is 0 Å². The largest absolute Gasteiger partial charge is 0.497 e. The van der Waals surface area contributed by atoms with Gasteiger partial charge in [0.15, 0.2) is 12.7 Å². The standard InChI is InChI=1S/C23H28N2O5/c1-17(30-22(26)16-29-21-12-10-20(28-2)11-13-21)23(27)24-18-6-8-19(9-7-18)25-14-4-3-5-15-25/h6-13,17H,3-5,14-16H2,1-2H3,(H,24,27)/t17-/m1/s1. The molecule has 0 unspecified atom stereocenters. The van der Waals surface area contributed by atoms with Gasteiger partial charge in [-0.05, 0) is 74.7 Å². The molecule has 2 aromatic carbocycles. The highest BCUT2D eigenvalue weighted by Crippen LogP contribution is 2.22. The van der Waals surface area contributed by atoms with Gasteiger partial charge in [-0.2, -0.15) is 0 Å². The molecule has 2 aromatic rings. The maximum Gasteiger partial charge on any atom is 0.344 e. The molecule has 0 aliphatic carbocycles. The van der Waals surface area contributed by atoms with Gasteiger partial charge in [0.2, 0.25) is 0 Å². The number of carbonyl (C=O) groups is 2. The summed E-state index contributed by atoms with van der Waals surface area (Å²) in [5, 5.41) is 2.77. The van der Waals surface area contributed by atoms with E-state index in [1.165, 1.54) is 26.2 Å². The predicted octanol–water partition coefficient (Wildman–Crippen LogP) is 3.63. The molecule has 0 spiro atoms. The fourth-order valence-corrected chi connectivity index (χ4v) is 3.25. The molecule has 1 atom stereocenters. The second kappa shape index (κ2) is 10.5. The van der Waals surface area contributed by atoms with Crippen LogP contribution in [-0.4, -0.2) is 44.8 Å². The van der Waals surface area contributed by atoms with Crippen molar-refractivity contribution in [2.24, 2.45) is 0 Å². The monoisotopic (exact) mass is 412 g/mol. The Labute approximate surface area is 176 Å². The molecule has 160 valence electrons. The summed E-state index contributed by atoms with van der Waals surface area (Å²) >= 11 is 0. The third-order valence-electron chi connectivity index (χ3n) is 4.95. The minimum atomic E-state index is -0.932. The number of rotatable bonds is 8. The molecular formula is C23H28N2O5. The van der Waals surface area contributed by atoms with Gasteiger partial charge in [0.25, 0.3) is 5.91 Å².